The van der Waals surface area contributed by atoms with Crippen molar-refractivity contribution in [2.75, 3.05) is 12.0 Å². The van der Waals surface area contributed by atoms with Gasteiger partial charge in [0.15, 0.2) is 5.82 Å². The maximum Gasteiger partial charge on any atom is 0.176 e. The molecule has 0 spiro atoms. The van der Waals surface area contributed by atoms with Gasteiger partial charge < -0.3 is 4.74 Å². The van der Waals surface area contributed by atoms with Crippen LogP contribution in [0.25, 0.3) is 10.8 Å². The predicted octanol–water partition coefficient (Wildman–Crippen LogP) is 3.92. The molecule has 0 saturated heterocycles. The standard InChI is InChI=1S/C21H17N5O/c1-2-7-16(8-3-1)20(15-27-18-10-6-12-22-14-18)24-26-21-19-11-5-4-9-17(19)13-23-25-21/h1-14H,15H2,(H,25,26)/b24-20+. The van der Waals surface area contributed by atoms with E-state index in [0.29, 0.717) is 18.2 Å². The maximum absolute atomic E-state index is 5.83. The highest BCUT2D eigenvalue weighted by Gasteiger charge is 2.07. The van der Waals surface area contributed by atoms with Crippen molar-refractivity contribution in [3.63, 3.8) is 0 Å². The quantitative estimate of drug-likeness (QED) is 0.419. The summed E-state index contributed by atoms with van der Waals surface area (Å²) < 4.78 is 5.83. The van der Waals surface area contributed by atoms with Crippen LogP contribution in [-0.2, 0) is 0 Å². The van der Waals surface area contributed by atoms with E-state index < -0.39 is 0 Å². The van der Waals surface area contributed by atoms with Gasteiger partial charge in [0.1, 0.15) is 18.1 Å². The molecular weight excluding hydrogens is 338 g/mol. The monoisotopic (exact) mass is 355 g/mol. The third kappa shape index (κ3) is 4.07. The van der Waals surface area contributed by atoms with Crippen molar-refractivity contribution in [3.05, 3.63) is 90.9 Å². The van der Waals surface area contributed by atoms with Crippen molar-refractivity contribution < 1.29 is 4.74 Å². The molecule has 0 amide bonds. The predicted molar refractivity (Wildman–Crippen MR) is 106 cm³/mol. The summed E-state index contributed by atoms with van der Waals surface area (Å²) in [6, 6.07) is 21.5. The molecule has 6 nitrogen and oxygen atoms in total. The Morgan fingerprint density at radius 3 is 2.63 bits per heavy atom. The van der Waals surface area contributed by atoms with Crippen LogP contribution in [0, 0.1) is 0 Å². The van der Waals surface area contributed by atoms with E-state index in [-0.39, 0.29) is 0 Å². The third-order valence-electron chi connectivity index (χ3n) is 3.98. The fourth-order valence-corrected chi connectivity index (χ4v) is 2.63. The van der Waals surface area contributed by atoms with Gasteiger partial charge in [-0.25, -0.2) is 0 Å². The highest BCUT2D eigenvalue weighted by Crippen LogP contribution is 2.19. The Bertz CT molecular complexity index is 1050. The Balaban J connectivity index is 1.61. The first-order chi connectivity index (χ1) is 13.4. The first-order valence-electron chi connectivity index (χ1n) is 8.51. The second-order valence-electron chi connectivity index (χ2n) is 5.79. The number of rotatable bonds is 6. The largest absolute Gasteiger partial charge is 0.486 e. The molecule has 6 heteroatoms. The van der Waals surface area contributed by atoms with E-state index in [2.05, 4.69) is 25.7 Å². The van der Waals surface area contributed by atoms with Gasteiger partial charge in [0.2, 0.25) is 0 Å². The summed E-state index contributed by atoms with van der Waals surface area (Å²) in [5, 5.41) is 14.7. The average molecular weight is 355 g/mol. The van der Waals surface area contributed by atoms with Gasteiger partial charge >= 0.3 is 0 Å². The smallest absolute Gasteiger partial charge is 0.176 e. The number of nitrogens with one attached hydrogen (secondary N) is 1. The minimum atomic E-state index is 0.293. The van der Waals surface area contributed by atoms with Crippen LogP contribution in [0.4, 0.5) is 5.82 Å². The lowest BCUT2D eigenvalue weighted by atomic mass is 10.1. The normalized spacial score (nSPS) is 11.3. The first kappa shape index (κ1) is 16.7. The van der Waals surface area contributed by atoms with Crippen LogP contribution in [0.3, 0.4) is 0 Å². The van der Waals surface area contributed by atoms with E-state index in [9.17, 15) is 0 Å². The highest BCUT2D eigenvalue weighted by molar-refractivity contribution is 6.02. The summed E-state index contributed by atoms with van der Waals surface area (Å²) in [6.07, 6.45) is 5.11. The lowest BCUT2D eigenvalue weighted by molar-refractivity contribution is 0.375. The highest BCUT2D eigenvalue weighted by atomic mass is 16.5. The number of anilines is 1. The fourth-order valence-electron chi connectivity index (χ4n) is 2.63. The van der Waals surface area contributed by atoms with Gasteiger partial charge in [-0.2, -0.15) is 10.2 Å². The van der Waals surface area contributed by atoms with Crippen molar-refractivity contribution in [2.24, 2.45) is 5.10 Å². The molecule has 0 saturated carbocycles. The fraction of sp³-hybridized carbons (Fsp3) is 0.0476. The summed E-state index contributed by atoms with van der Waals surface area (Å²) in [6.45, 7) is 0.293. The topological polar surface area (TPSA) is 72.3 Å². The minimum absolute atomic E-state index is 0.293. The molecule has 27 heavy (non-hydrogen) atoms. The zero-order valence-corrected chi connectivity index (χ0v) is 14.5. The van der Waals surface area contributed by atoms with Crippen LogP contribution in [0.15, 0.2) is 90.4 Å². The number of hydrogen-bond acceptors (Lipinski definition) is 6. The molecule has 0 fully saturated rings. The van der Waals surface area contributed by atoms with Crippen LogP contribution in [0.1, 0.15) is 5.56 Å². The molecule has 0 bridgehead atoms. The second-order valence-corrected chi connectivity index (χ2v) is 5.79. The van der Waals surface area contributed by atoms with Crippen molar-refractivity contribution >= 4 is 22.3 Å². The summed E-state index contributed by atoms with van der Waals surface area (Å²) in [5.74, 6) is 1.29. The van der Waals surface area contributed by atoms with Gasteiger partial charge in [-0.1, -0.05) is 54.6 Å². The molecule has 0 radical (unpaired) electrons. The summed E-state index contributed by atoms with van der Waals surface area (Å²) in [5.41, 5.74) is 4.75. The number of nitrogens with zero attached hydrogens (tertiary/aromatic N) is 4. The van der Waals surface area contributed by atoms with Gasteiger partial charge in [-0.3, -0.25) is 10.4 Å². The molecule has 0 aliphatic rings. The third-order valence-corrected chi connectivity index (χ3v) is 3.98. The number of aromatic nitrogens is 3. The number of fused-ring (bicyclic) bond motifs is 1. The van der Waals surface area contributed by atoms with E-state index in [0.717, 1.165) is 22.0 Å². The van der Waals surface area contributed by atoms with Crippen LogP contribution in [0.2, 0.25) is 0 Å². The van der Waals surface area contributed by atoms with Crippen molar-refractivity contribution in [1.82, 2.24) is 15.2 Å². The van der Waals surface area contributed by atoms with Crippen LogP contribution in [0.5, 0.6) is 5.75 Å². The van der Waals surface area contributed by atoms with Crippen molar-refractivity contribution in [2.45, 2.75) is 0 Å². The van der Waals surface area contributed by atoms with Gasteiger partial charge in [0.05, 0.1) is 12.4 Å². The van der Waals surface area contributed by atoms with Crippen LogP contribution in [-0.4, -0.2) is 27.5 Å². The Kier molecular flexibility index (Phi) is 4.97. The summed E-state index contributed by atoms with van der Waals surface area (Å²) in [7, 11) is 0. The number of benzene rings is 2. The Morgan fingerprint density at radius 1 is 0.926 bits per heavy atom. The lowest BCUT2D eigenvalue weighted by Crippen LogP contribution is -2.15. The average Bonchev–Trinajstić information content (AvgIpc) is 2.75. The molecule has 4 aromatic rings. The zero-order valence-electron chi connectivity index (χ0n) is 14.5. The number of hydrazone groups is 1. The number of pyridine rings is 1. The van der Waals surface area contributed by atoms with E-state index in [4.69, 9.17) is 4.74 Å². The Labute approximate surface area is 156 Å². The number of ether oxygens (including phenoxy) is 1. The molecule has 0 unspecified atom stereocenters. The molecule has 132 valence electrons. The van der Waals surface area contributed by atoms with Crippen LogP contribution >= 0.6 is 0 Å². The second kappa shape index (κ2) is 8.05. The molecular formula is C21H17N5O. The van der Waals surface area contributed by atoms with Gasteiger partial charge in [0.25, 0.3) is 0 Å². The van der Waals surface area contributed by atoms with Gasteiger partial charge in [0, 0.05) is 22.5 Å². The molecule has 0 atom stereocenters. The van der Waals surface area contributed by atoms with E-state index in [1.807, 2.05) is 66.7 Å². The molecule has 2 heterocycles. The lowest BCUT2D eigenvalue weighted by Gasteiger charge is -2.10. The van der Waals surface area contributed by atoms with Crippen molar-refractivity contribution in [1.29, 1.82) is 0 Å². The zero-order chi connectivity index (χ0) is 18.3. The van der Waals surface area contributed by atoms with Crippen LogP contribution < -0.4 is 10.2 Å². The molecule has 0 aliphatic heterocycles. The number of hydrogen-bond donors (Lipinski definition) is 1. The minimum Gasteiger partial charge on any atom is -0.486 e. The van der Waals surface area contributed by atoms with Crippen molar-refractivity contribution in [3.8, 4) is 5.75 Å². The molecule has 4 rings (SSSR count). The molecule has 2 aromatic heterocycles. The van der Waals surface area contributed by atoms with E-state index in [1.54, 1.807) is 18.6 Å². The van der Waals surface area contributed by atoms with E-state index in [1.165, 1.54) is 0 Å². The molecule has 1 N–H and O–H groups in total. The Hall–Kier alpha value is -3.80. The van der Waals surface area contributed by atoms with Gasteiger partial charge in [-0.15, -0.1) is 5.10 Å². The maximum atomic E-state index is 5.83. The first-order valence-corrected chi connectivity index (χ1v) is 8.51. The van der Waals surface area contributed by atoms with E-state index >= 15 is 0 Å². The summed E-state index contributed by atoms with van der Waals surface area (Å²) in [4.78, 5) is 4.06. The molecule has 2 aromatic carbocycles. The SMILES string of the molecule is c1ccc(/C(COc2cccnc2)=N/Nc2nncc3ccccc23)cc1. The molecule has 0 aliphatic carbocycles. The Morgan fingerprint density at radius 2 is 1.78 bits per heavy atom. The van der Waals surface area contributed by atoms with Gasteiger partial charge in [-0.05, 0) is 12.1 Å². The summed E-state index contributed by atoms with van der Waals surface area (Å²) >= 11 is 0.